The van der Waals surface area contributed by atoms with Crippen LogP contribution in [0.3, 0.4) is 0 Å². The number of carboxylic acids is 1. The Morgan fingerprint density at radius 1 is 1.40 bits per heavy atom. The maximum atomic E-state index is 12.4. The van der Waals surface area contributed by atoms with Gasteiger partial charge in [0.2, 0.25) is 5.91 Å². The number of nitrogens with zero attached hydrogens (tertiary/aromatic N) is 1. The Hall–Kier alpha value is -1.10. The highest BCUT2D eigenvalue weighted by Crippen LogP contribution is 2.42. The van der Waals surface area contributed by atoms with E-state index < -0.39 is 11.4 Å². The van der Waals surface area contributed by atoms with E-state index in [4.69, 9.17) is 4.74 Å². The number of rotatable bonds is 4. The molecule has 20 heavy (non-hydrogen) atoms. The van der Waals surface area contributed by atoms with E-state index in [1.807, 2.05) is 0 Å². The second-order valence-corrected chi connectivity index (χ2v) is 6.68. The van der Waals surface area contributed by atoms with E-state index >= 15 is 0 Å². The third-order valence-electron chi connectivity index (χ3n) is 5.12. The fourth-order valence-electron chi connectivity index (χ4n) is 3.13. The Bertz CT molecular complexity index is 395. The van der Waals surface area contributed by atoms with Crippen molar-refractivity contribution in [3.63, 3.8) is 0 Å². The number of likely N-dealkylation sites (tertiary alicyclic amines) is 1. The van der Waals surface area contributed by atoms with Crippen molar-refractivity contribution >= 4 is 11.9 Å². The predicted molar refractivity (Wildman–Crippen MR) is 74.2 cm³/mol. The summed E-state index contributed by atoms with van der Waals surface area (Å²) in [6.07, 6.45) is 1.01. The second kappa shape index (κ2) is 5.72. The first-order valence-electron chi connectivity index (χ1n) is 7.45. The average Bonchev–Trinajstić information content (AvgIpc) is 2.79. The smallest absolute Gasteiger partial charge is 0.311 e. The molecular formula is C15H25NO4. The lowest BCUT2D eigenvalue weighted by Gasteiger charge is -2.33. The summed E-state index contributed by atoms with van der Waals surface area (Å²) in [5.74, 6) is 0.0223. The standard InChI is InChI=1S/C15H25NO4/c1-10(2)11(3)6-13(17)16-7-12-8-20-5-4-15(12,9-16)14(18)19/h10-12H,4-9H2,1-3H3,(H,18,19)/t11?,12-,15+/m0/s1. The molecule has 2 aliphatic heterocycles. The van der Waals surface area contributed by atoms with Gasteiger partial charge >= 0.3 is 5.97 Å². The first kappa shape index (κ1) is 15.3. The van der Waals surface area contributed by atoms with Crippen molar-refractivity contribution in [3.05, 3.63) is 0 Å². The van der Waals surface area contributed by atoms with Crippen molar-refractivity contribution in [2.45, 2.75) is 33.6 Å². The highest BCUT2D eigenvalue weighted by atomic mass is 16.5. The van der Waals surface area contributed by atoms with Gasteiger partial charge in [0.05, 0.1) is 12.0 Å². The average molecular weight is 283 g/mol. The van der Waals surface area contributed by atoms with Crippen LogP contribution in [0.1, 0.15) is 33.6 Å². The molecule has 1 amide bonds. The van der Waals surface area contributed by atoms with Crippen molar-refractivity contribution in [1.82, 2.24) is 4.90 Å². The third-order valence-corrected chi connectivity index (χ3v) is 5.12. The van der Waals surface area contributed by atoms with Gasteiger partial charge < -0.3 is 14.7 Å². The van der Waals surface area contributed by atoms with Crippen LogP contribution >= 0.6 is 0 Å². The highest BCUT2D eigenvalue weighted by molar-refractivity contribution is 5.81. The first-order valence-corrected chi connectivity index (χ1v) is 7.45. The normalized spacial score (nSPS) is 31.2. The zero-order valence-electron chi connectivity index (χ0n) is 12.6. The van der Waals surface area contributed by atoms with Gasteiger partial charge in [-0.3, -0.25) is 9.59 Å². The number of carbonyl (C=O) groups is 2. The van der Waals surface area contributed by atoms with E-state index in [-0.39, 0.29) is 11.8 Å². The lowest BCUT2D eigenvalue weighted by molar-refractivity contribution is -0.157. The monoisotopic (exact) mass is 283 g/mol. The van der Waals surface area contributed by atoms with E-state index in [1.165, 1.54) is 0 Å². The molecule has 2 aliphatic rings. The van der Waals surface area contributed by atoms with E-state index in [0.29, 0.717) is 51.0 Å². The molecule has 114 valence electrons. The molecule has 1 unspecified atom stereocenters. The molecule has 5 nitrogen and oxygen atoms in total. The highest BCUT2D eigenvalue weighted by Gasteiger charge is 2.54. The zero-order chi connectivity index (χ0) is 14.9. The van der Waals surface area contributed by atoms with Gasteiger partial charge in [0, 0.05) is 32.0 Å². The largest absolute Gasteiger partial charge is 0.481 e. The molecule has 2 saturated heterocycles. The summed E-state index contributed by atoms with van der Waals surface area (Å²) < 4.78 is 5.40. The van der Waals surface area contributed by atoms with Crippen molar-refractivity contribution in [3.8, 4) is 0 Å². The van der Waals surface area contributed by atoms with Crippen molar-refractivity contribution in [2.75, 3.05) is 26.3 Å². The molecular weight excluding hydrogens is 258 g/mol. The van der Waals surface area contributed by atoms with Crippen molar-refractivity contribution < 1.29 is 19.4 Å². The van der Waals surface area contributed by atoms with Gasteiger partial charge in [0.25, 0.3) is 0 Å². The predicted octanol–water partition coefficient (Wildman–Crippen LogP) is 1.62. The Labute approximate surface area is 120 Å². The van der Waals surface area contributed by atoms with Crippen molar-refractivity contribution in [2.24, 2.45) is 23.2 Å². The summed E-state index contributed by atoms with van der Waals surface area (Å²) in [4.78, 5) is 25.8. The van der Waals surface area contributed by atoms with E-state index in [1.54, 1.807) is 4.90 Å². The molecule has 0 aliphatic carbocycles. The topological polar surface area (TPSA) is 66.8 Å². The van der Waals surface area contributed by atoms with Gasteiger partial charge in [0.15, 0.2) is 0 Å². The fourth-order valence-corrected chi connectivity index (χ4v) is 3.13. The summed E-state index contributed by atoms with van der Waals surface area (Å²) in [6.45, 7) is 8.09. The van der Waals surface area contributed by atoms with Gasteiger partial charge in [0.1, 0.15) is 0 Å². The van der Waals surface area contributed by atoms with Gasteiger partial charge in [-0.1, -0.05) is 20.8 Å². The summed E-state index contributed by atoms with van der Waals surface area (Å²) in [5.41, 5.74) is -0.783. The number of hydrogen-bond acceptors (Lipinski definition) is 3. The van der Waals surface area contributed by atoms with E-state index in [2.05, 4.69) is 20.8 Å². The van der Waals surface area contributed by atoms with Gasteiger partial charge in [-0.15, -0.1) is 0 Å². The van der Waals surface area contributed by atoms with Crippen LogP contribution in [0.15, 0.2) is 0 Å². The molecule has 5 heteroatoms. The minimum atomic E-state index is -0.783. The zero-order valence-corrected chi connectivity index (χ0v) is 12.6. The Kier molecular flexibility index (Phi) is 4.37. The van der Waals surface area contributed by atoms with Crippen LogP contribution in [0.25, 0.3) is 0 Å². The van der Waals surface area contributed by atoms with Crippen LogP contribution in [0.4, 0.5) is 0 Å². The Balaban J connectivity index is 2.06. The minimum Gasteiger partial charge on any atom is -0.481 e. The molecule has 0 spiro atoms. The quantitative estimate of drug-likeness (QED) is 0.851. The number of aliphatic carboxylic acids is 1. The summed E-state index contributed by atoms with van der Waals surface area (Å²) in [7, 11) is 0. The van der Waals surface area contributed by atoms with Crippen LogP contribution in [0, 0.1) is 23.2 Å². The van der Waals surface area contributed by atoms with E-state index in [0.717, 1.165) is 0 Å². The second-order valence-electron chi connectivity index (χ2n) is 6.68. The van der Waals surface area contributed by atoms with Gasteiger partial charge in [-0.25, -0.2) is 0 Å². The molecule has 0 saturated carbocycles. The molecule has 0 radical (unpaired) electrons. The molecule has 2 fully saturated rings. The number of ether oxygens (including phenoxy) is 1. The summed E-state index contributed by atoms with van der Waals surface area (Å²) in [5, 5.41) is 9.58. The molecule has 1 N–H and O–H groups in total. The molecule has 0 aromatic rings. The molecule has 0 aromatic heterocycles. The van der Waals surface area contributed by atoms with Crippen LogP contribution in [-0.4, -0.2) is 48.2 Å². The lowest BCUT2D eigenvalue weighted by atomic mass is 9.74. The molecule has 3 atom stereocenters. The Morgan fingerprint density at radius 3 is 2.65 bits per heavy atom. The number of fused-ring (bicyclic) bond motifs is 1. The molecule has 2 rings (SSSR count). The molecule has 2 heterocycles. The van der Waals surface area contributed by atoms with Crippen LogP contribution in [0.2, 0.25) is 0 Å². The number of carbonyl (C=O) groups excluding carboxylic acids is 1. The minimum absolute atomic E-state index is 0.0629. The van der Waals surface area contributed by atoms with Crippen LogP contribution in [-0.2, 0) is 14.3 Å². The van der Waals surface area contributed by atoms with Gasteiger partial charge in [-0.2, -0.15) is 0 Å². The SMILES string of the molecule is CC(C)C(C)CC(=O)N1C[C@H]2COCC[C@@]2(C(=O)O)C1. The summed E-state index contributed by atoms with van der Waals surface area (Å²) >= 11 is 0. The number of amides is 1. The molecule has 0 bridgehead atoms. The van der Waals surface area contributed by atoms with Crippen LogP contribution < -0.4 is 0 Å². The van der Waals surface area contributed by atoms with E-state index in [9.17, 15) is 14.7 Å². The van der Waals surface area contributed by atoms with Gasteiger partial charge in [-0.05, 0) is 18.3 Å². The molecule has 0 aromatic carbocycles. The Morgan fingerprint density at radius 2 is 2.10 bits per heavy atom. The maximum absolute atomic E-state index is 12.4. The fraction of sp³-hybridized carbons (Fsp3) is 0.867. The lowest BCUT2D eigenvalue weighted by Crippen LogP contribution is -2.45. The van der Waals surface area contributed by atoms with Crippen molar-refractivity contribution in [1.29, 1.82) is 0 Å². The number of carboxylic acid groups (broad SMARTS) is 1. The van der Waals surface area contributed by atoms with Crippen LogP contribution in [0.5, 0.6) is 0 Å². The first-order chi connectivity index (χ1) is 9.36. The third kappa shape index (κ3) is 2.68. The number of hydrogen-bond donors (Lipinski definition) is 1. The maximum Gasteiger partial charge on any atom is 0.311 e. The summed E-state index contributed by atoms with van der Waals surface area (Å²) in [6, 6.07) is 0.